The molecule has 0 heterocycles. The molecule has 2 N–H and O–H groups in total. The zero-order valence-electron chi connectivity index (χ0n) is 12.7. The molecule has 0 saturated carbocycles. The highest BCUT2D eigenvalue weighted by molar-refractivity contribution is 9.10. The maximum Gasteiger partial charge on any atom is 0.314 e. The van der Waals surface area contributed by atoms with Gasteiger partial charge in [0.25, 0.3) is 0 Å². The largest absolute Gasteiger partial charge is 0.318 e. The number of anilines is 2. The van der Waals surface area contributed by atoms with Crippen LogP contribution >= 0.6 is 15.9 Å². The van der Waals surface area contributed by atoms with Crippen LogP contribution in [0.5, 0.6) is 0 Å². The van der Waals surface area contributed by atoms with E-state index in [4.69, 9.17) is 0 Å². The fourth-order valence-electron chi connectivity index (χ4n) is 1.92. The molecule has 0 aromatic heterocycles. The van der Waals surface area contributed by atoms with Crippen molar-refractivity contribution in [1.82, 2.24) is 0 Å². The summed E-state index contributed by atoms with van der Waals surface area (Å²) in [4.78, 5) is 24.0. The Labute approximate surface area is 138 Å². The van der Waals surface area contributed by atoms with Gasteiger partial charge in [0, 0.05) is 15.8 Å². The van der Waals surface area contributed by atoms with E-state index in [0.717, 1.165) is 21.2 Å². The number of hydrogen-bond acceptors (Lipinski definition) is 2. The van der Waals surface area contributed by atoms with Gasteiger partial charge in [-0.25, -0.2) is 0 Å². The van der Waals surface area contributed by atoms with Gasteiger partial charge in [0.2, 0.25) is 0 Å². The number of hydrogen-bond donors (Lipinski definition) is 2. The summed E-state index contributed by atoms with van der Waals surface area (Å²) in [6.07, 6.45) is 0. The molecule has 0 unspecified atom stereocenters. The minimum absolute atomic E-state index is 0.568. The van der Waals surface area contributed by atoms with Crippen molar-refractivity contribution in [3.05, 3.63) is 57.6 Å². The second kappa shape index (κ2) is 6.75. The average molecular weight is 361 g/mol. The molecule has 0 bridgehead atoms. The lowest BCUT2D eigenvalue weighted by Crippen LogP contribution is -2.29. The maximum absolute atomic E-state index is 12.0. The van der Waals surface area contributed by atoms with E-state index in [2.05, 4.69) is 26.6 Å². The number of nitrogens with one attached hydrogen (secondary N) is 2. The highest BCUT2D eigenvalue weighted by atomic mass is 79.9. The molecule has 0 atom stereocenters. The van der Waals surface area contributed by atoms with Gasteiger partial charge in [0.1, 0.15) is 0 Å². The summed E-state index contributed by atoms with van der Waals surface area (Å²) in [7, 11) is 0. The molecule has 0 aliphatic heterocycles. The summed E-state index contributed by atoms with van der Waals surface area (Å²) in [5, 5.41) is 5.22. The van der Waals surface area contributed by atoms with Gasteiger partial charge >= 0.3 is 11.8 Å². The Morgan fingerprint density at radius 2 is 1.59 bits per heavy atom. The minimum Gasteiger partial charge on any atom is -0.318 e. The summed E-state index contributed by atoms with van der Waals surface area (Å²) in [5.74, 6) is -1.39. The van der Waals surface area contributed by atoms with E-state index >= 15 is 0 Å². The summed E-state index contributed by atoms with van der Waals surface area (Å²) in [5.41, 5.74) is 4.27. The van der Waals surface area contributed by atoms with Crippen LogP contribution in [-0.4, -0.2) is 11.8 Å². The second-order valence-electron chi connectivity index (χ2n) is 5.12. The lowest BCUT2D eigenvalue weighted by molar-refractivity contribution is -0.133. The van der Waals surface area contributed by atoms with Crippen LogP contribution < -0.4 is 10.6 Å². The first-order valence-corrected chi connectivity index (χ1v) is 7.62. The van der Waals surface area contributed by atoms with Crippen molar-refractivity contribution in [3.63, 3.8) is 0 Å². The first-order chi connectivity index (χ1) is 10.4. The summed E-state index contributed by atoms with van der Waals surface area (Å²) < 4.78 is 0.875. The molecule has 114 valence electrons. The first kappa shape index (κ1) is 16.2. The van der Waals surface area contributed by atoms with Gasteiger partial charge in [-0.2, -0.15) is 0 Å². The van der Waals surface area contributed by atoms with Crippen LogP contribution in [0.3, 0.4) is 0 Å². The Hall–Kier alpha value is -2.14. The molecule has 2 amide bonds. The SMILES string of the molecule is Cc1ccc(NC(=O)C(=O)Nc2cccc(C)c2C)cc1Br. The van der Waals surface area contributed by atoms with Crippen molar-refractivity contribution in [2.24, 2.45) is 0 Å². The van der Waals surface area contributed by atoms with E-state index < -0.39 is 11.8 Å². The monoisotopic (exact) mass is 360 g/mol. The number of carbonyl (C=O) groups is 2. The topological polar surface area (TPSA) is 58.2 Å². The molecule has 0 saturated heterocycles. The molecule has 0 radical (unpaired) electrons. The zero-order valence-corrected chi connectivity index (χ0v) is 14.2. The van der Waals surface area contributed by atoms with E-state index in [1.54, 1.807) is 18.2 Å². The molecule has 5 heteroatoms. The van der Waals surface area contributed by atoms with Crippen molar-refractivity contribution < 1.29 is 9.59 Å². The molecule has 0 aliphatic rings. The molecule has 2 rings (SSSR count). The van der Waals surface area contributed by atoms with Crippen LogP contribution in [0.25, 0.3) is 0 Å². The summed E-state index contributed by atoms with van der Waals surface area (Å²) in [6.45, 7) is 5.80. The predicted octanol–water partition coefficient (Wildman–Crippen LogP) is 3.95. The predicted molar refractivity (Wildman–Crippen MR) is 92.1 cm³/mol. The number of rotatable bonds is 2. The van der Waals surface area contributed by atoms with E-state index in [0.29, 0.717) is 11.4 Å². The number of amides is 2. The molecule has 0 spiro atoms. The zero-order chi connectivity index (χ0) is 16.3. The Balaban J connectivity index is 2.07. The Bertz CT molecular complexity index is 741. The molecule has 2 aromatic rings. The van der Waals surface area contributed by atoms with Gasteiger partial charge in [-0.1, -0.05) is 34.1 Å². The van der Waals surface area contributed by atoms with Crippen LogP contribution in [0.4, 0.5) is 11.4 Å². The van der Waals surface area contributed by atoms with Crippen molar-refractivity contribution in [2.75, 3.05) is 10.6 Å². The average Bonchev–Trinajstić information content (AvgIpc) is 2.47. The fourth-order valence-corrected chi connectivity index (χ4v) is 2.30. The van der Waals surface area contributed by atoms with Gasteiger partial charge in [-0.3, -0.25) is 9.59 Å². The third-order valence-electron chi connectivity index (χ3n) is 3.49. The smallest absolute Gasteiger partial charge is 0.314 e. The number of benzene rings is 2. The Kier molecular flexibility index (Phi) is 4.98. The van der Waals surface area contributed by atoms with Gasteiger partial charge < -0.3 is 10.6 Å². The van der Waals surface area contributed by atoms with Gasteiger partial charge in [0.15, 0.2) is 0 Å². The second-order valence-corrected chi connectivity index (χ2v) is 5.97. The Morgan fingerprint density at radius 1 is 0.909 bits per heavy atom. The molecular weight excluding hydrogens is 344 g/mol. The third kappa shape index (κ3) is 3.74. The summed E-state index contributed by atoms with van der Waals surface area (Å²) in [6, 6.07) is 10.9. The fraction of sp³-hybridized carbons (Fsp3) is 0.176. The minimum atomic E-state index is -0.698. The van der Waals surface area contributed by atoms with E-state index in [1.165, 1.54) is 0 Å². The first-order valence-electron chi connectivity index (χ1n) is 6.83. The molecular formula is C17H17BrN2O2. The van der Waals surface area contributed by atoms with Crippen LogP contribution in [0.15, 0.2) is 40.9 Å². The van der Waals surface area contributed by atoms with Gasteiger partial charge in [0.05, 0.1) is 0 Å². The highest BCUT2D eigenvalue weighted by Crippen LogP contribution is 2.21. The van der Waals surface area contributed by atoms with Crippen LogP contribution in [-0.2, 0) is 9.59 Å². The quantitative estimate of drug-likeness (QED) is 0.796. The third-order valence-corrected chi connectivity index (χ3v) is 4.34. The lowest BCUT2D eigenvalue weighted by atomic mass is 10.1. The van der Waals surface area contributed by atoms with Crippen molar-refractivity contribution >= 4 is 39.1 Å². The van der Waals surface area contributed by atoms with Crippen LogP contribution in [0, 0.1) is 20.8 Å². The van der Waals surface area contributed by atoms with Crippen molar-refractivity contribution in [2.45, 2.75) is 20.8 Å². The van der Waals surface area contributed by atoms with Crippen molar-refractivity contribution in [1.29, 1.82) is 0 Å². The Morgan fingerprint density at radius 3 is 2.27 bits per heavy atom. The number of aryl methyl sites for hydroxylation is 2. The standard InChI is InChI=1S/C17H17BrN2O2/c1-10-5-4-6-15(12(10)3)20-17(22)16(21)19-13-8-7-11(2)14(18)9-13/h4-9H,1-3H3,(H,19,21)(H,20,22). The van der Waals surface area contributed by atoms with Crippen molar-refractivity contribution in [3.8, 4) is 0 Å². The van der Waals surface area contributed by atoms with Gasteiger partial charge in [-0.05, 0) is 55.7 Å². The van der Waals surface area contributed by atoms with E-state index in [-0.39, 0.29) is 0 Å². The van der Waals surface area contributed by atoms with Gasteiger partial charge in [-0.15, -0.1) is 0 Å². The molecule has 2 aromatic carbocycles. The number of halogens is 1. The highest BCUT2D eigenvalue weighted by Gasteiger charge is 2.15. The normalized spacial score (nSPS) is 10.2. The maximum atomic E-state index is 12.0. The van der Waals surface area contributed by atoms with E-state index in [1.807, 2.05) is 39.0 Å². The molecule has 0 aliphatic carbocycles. The van der Waals surface area contributed by atoms with Crippen LogP contribution in [0.2, 0.25) is 0 Å². The molecule has 4 nitrogen and oxygen atoms in total. The molecule has 0 fully saturated rings. The van der Waals surface area contributed by atoms with E-state index in [9.17, 15) is 9.59 Å². The summed E-state index contributed by atoms with van der Waals surface area (Å²) >= 11 is 3.39. The number of carbonyl (C=O) groups excluding carboxylic acids is 2. The van der Waals surface area contributed by atoms with Crippen LogP contribution in [0.1, 0.15) is 16.7 Å². The molecule has 22 heavy (non-hydrogen) atoms. The lowest BCUT2D eigenvalue weighted by Gasteiger charge is -2.11.